The molecule has 0 aromatic carbocycles. The maximum Gasteiger partial charge on any atom is 0.170 e. The minimum Gasteiger partial charge on any atom is -0.384 e. The minimum atomic E-state index is -1.69. The topological polar surface area (TPSA) is 77.1 Å². The van der Waals surface area contributed by atoms with Gasteiger partial charge in [0, 0.05) is 11.8 Å². The van der Waals surface area contributed by atoms with Crippen molar-refractivity contribution in [1.29, 1.82) is 5.26 Å². The average molecular weight is 217 g/mol. The van der Waals surface area contributed by atoms with Crippen molar-refractivity contribution in [2.45, 2.75) is 12.2 Å². The van der Waals surface area contributed by atoms with Gasteiger partial charge >= 0.3 is 0 Å². The first kappa shape index (κ1) is 10.9. The van der Waals surface area contributed by atoms with Gasteiger partial charge in [-0.15, -0.1) is 0 Å². The van der Waals surface area contributed by atoms with Gasteiger partial charge in [0.2, 0.25) is 0 Å². The maximum atomic E-state index is 13.2. The lowest BCUT2D eigenvalue weighted by Crippen LogP contribution is -2.17. The van der Waals surface area contributed by atoms with Crippen molar-refractivity contribution in [3.05, 3.63) is 28.8 Å². The molecule has 4 nitrogen and oxygen atoms in total. The summed E-state index contributed by atoms with van der Waals surface area (Å²) in [5.74, 6) is -0.934. The quantitative estimate of drug-likeness (QED) is 0.566. The number of aliphatic hydroxyl groups is 2. The van der Waals surface area contributed by atoms with Crippen molar-refractivity contribution in [3.8, 4) is 6.07 Å². The Morgan fingerprint density at radius 2 is 2.21 bits per heavy atom. The molecule has 0 fully saturated rings. The largest absolute Gasteiger partial charge is 0.384 e. The van der Waals surface area contributed by atoms with Crippen LogP contribution < -0.4 is 0 Å². The average Bonchev–Trinajstić information content (AvgIpc) is 2.20. The highest BCUT2D eigenvalue weighted by Gasteiger charge is 2.22. The molecule has 1 aromatic rings. The van der Waals surface area contributed by atoms with Gasteiger partial charge < -0.3 is 10.2 Å². The molecule has 0 aliphatic carbocycles. The summed E-state index contributed by atoms with van der Waals surface area (Å²) in [6.45, 7) is 0. The third kappa shape index (κ3) is 1.99. The smallest absolute Gasteiger partial charge is 0.170 e. The molecular weight excluding hydrogens is 211 g/mol. The normalized spacial score (nSPS) is 14.5. The highest BCUT2D eigenvalue weighted by Crippen LogP contribution is 2.23. The molecule has 0 bridgehead atoms. The molecule has 0 spiro atoms. The highest BCUT2D eigenvalue weighted by molar-refractivity contribution is 6.29. The lowest BCUT2D eigenvalue weighted by atomic mass is 10.1. The van der Waals surface area contributed by atoms with Crippen molar-refractivity contribution >= 4 is 11.6 Å². The van der Waals surface area contributed by atoms with Crippen LogP contribution in [0.15, 0.2) is 12.3 Å². The monoisotopic (exact) mass is 216 g/mol. The fraction of sp³-hybridized carbons (Fsp3) is 0.250. The van der Waals surface area contributed by atoms with Crippen LogP contribution in [0.25, 0.3) is 0 Å². The molecule has 1 aromatic heterocycles. The van der Waals surface area contributed by atoms with E-state index in [0.717, 1.165) is 6.07 Å². The summed E-state index contributed by atoms with van der Waals surface area (Å²) >= 11 is 5.34. The summed E-state index contributed by atoms with van der Waals surface area (Å²) in [5.41, 5.74) is -0.251. The van der Waals surface area contributed by atoms with Crippen molar-refractivity contribution in [1.82, 2.24) is 4.98 Å². The van der Waals surface area contributed by atoms with Crippen molar-refractivity contribution in [3.63, 3.8) is 0 Å². The molecule has 0 saturated carbocycles. The second-order valence-electron chi connectivity index (χ2n) is 2.52. The third-order valence-corrected chi connectivity index (χ3v) is 1.89. The minimum absolute atomic E-state index is 0.251. The van der Waals surface area contributed by atoms with Crippen molar-refractivity contribution in [2.75, 3.05) is 0 Å². The molecule has 0 radical (unpaired) electrons. The summed E-state index contributed by atoms with van der Waals surface area (Å²) in [6.07, 6.45) is -2.14. The number of nitriles is 1. The zero-order chi connectivity index (χ0) is 10.7. The number of rotatable bonds is 2. The van der Waals surface area contributed by atoms with E-state index >= 15 is 0 Å². The van der Waals surface area contributed by atoms with Crippen LogP contribution >= 0.6 is 11.6 Å². The van der Waals surface area contributed by atoms with E-state index in [1.165, 1.54) is 12.3 Å². The summed E-state index contributed by atoms with van der Waals surface area (Å²) in [5, 5.41) is 26.1. The Kier molecular flexibility index (Phi) is 3.36. The first-order valence-electron chi connectivity index (χ1n) is 3.63. The van der Waals surface area contributed by atoms with Gasteiger partial charge in [-0.25, -0.2) is 9.37 Å². The fourth-order valence-electron chi connectivity index (χ4n) is 0.901. The second kappa shape index (κ2) is 4.33. The molecular formula is C8H6ClFN2O2. The molecule has 74 valence electrons. The molecule has 2 atom stereocenters. The van der Waals surface area contributed by atoms with Gasteiger partial charge in [-0.2, -0.15) is 5.26 Å². The molecule has 0 aliphatic heterocycles. The Balaban J connectivity index is 3.08. The van der Waals surface area contributed by atoms with Crippen LogP contribution in [0.5, 0.6) is 0 Å². The predicted molar refractivity (Wildman–Crippen MR) is 45.8 cm³/mol. The number of halogens is 2. The van der Waals surface area contributed by atoms with E-state index in [4.69, 9.17) is 22.0 Å². The zero-order valence-electron chi connectivity index (χ0n) is 6.85. The zero-order valence-corrected chi connectivity index (χ0v) is 7.61. The summed E-state index contributed by atoms with van der Waals surface area (Å²) < 4.78 is 13.2. The molecule has 14 heavy (non-hydrogen) atoms. The summed E-state index contributed by atoms with van der Waals surface area (Å²) in [6, 6.07) is 2.53. The van der Waals surface area contributed by atoms with Gasteiger partial charge in [0.05, 0.1) is 6.07 Å². The molecule has 2 unspecified atom stereocenters. The Hall–Kier alpha value is -1.22. The van der Waals surface area contributed by atoms with Crippen LogP contribution in [0.4, 0.5) is 4.39 Å². The lowest BCUT2D eigenvalue weighted by Gasteiger charge is -2.12. The van der Waals surface area contributed by atoms with Gasteiger partial charge in [0.25, 0.3) is 0 Å². The molecule has 6 heteroatoms. The number of hydrogen-bond acceptors (Lipinski definition) is 4. The highest BCUT2D eigenvalue weighted by atomic mass is 35.5. The Bertz CT molecular complexity index is 380. The maximum absolute atomic E-state index is 13.2. The van der Waals surface area contributed by atoms with Gasteiger partial charge in [0.15, 0.2) is 17.1 Å². The van der Waals surface area contributed by atoms with Crippen LogP contribution in [-0.4, -0.2) is 21.3 Å². The van der Waals surface area contributed by atoms with E-state index in [2.05, 4.69) is 4.98 Å². The van der Waals surface area contributed by atoms with Crippen molar-refractivity contribution in [2.24, 2.45) is 0 Å². The van der Waals surface area contributed by atoms with E-state index in [1.807, 2.05) is 0 Å². The molecule has 1 rings (SSSR count). The van der Waals surface area contributed by atoms with E-state index in [0.29, 0.717) is 0 Å². The van der Waals surface area contributed by atoms with E-state index in [-0.39, 0.29) is 5.56 Å². The van der Waals surface area contributed by atoms with Crippen LogP contribution in [0.2, 0.25) is 5.15 Å². The van der Waals surface area contributed by atoms with Gasteiger partial charge in [-0.3, -0.25) is 0 Å². The van der Waals surface area contributed by atoms with Gasteiger partial charge in [-0.1, -0.05) is 11.6 Å². The van der Waals surface area contributed by atoms with Crippen LogP contribution in [0.1, 0.15) is 11.7 Å². The third-order valence-electron chi connectivity index (χ3n) is 1.63. The van der Waals surface area contributed by atoms with E-state index < -0.39 is 23.2 Å². The molecule has 1 heterocycles. The number of aromatic nitrogens is 1. The molecule has 0 amide bonds. The van der Waals surface area contributed by atoms with Crippen LogP contribution in [0, 0.1) is 17.1 Å². The van der Waals surface area contributed by atoms with E-state index in [1.54, 1.807) is 0 Å². The summed E-state index contributed by atoms with van der Waals surface area (Å²) in [4.78, 5) is 3.42. The Morgan fingerprint density at radius 1 is 1.57 bits per heavy atom. The number of nitrogens with zero attached hydrogens (tertiary/aromatic N) is 2. The van der Waals surface area contributed by atoms with Gasteiger partial charge in [0.1, 0.15) is 6.10 Å². The second-order valence-corrected chi connectivity index (χ2v) is 2.88. The number of aliphatic hydroxyl groups excluding tert-OH is 2. The number of hydrogen-bond donors (Lipinski definition) is 2. The SMILES string of the molecule is N#CC(O)C(O)c1ccnc(Cl)c1F. The standard InChI is InChI=1S/C8H6ClFN2O2/c9-8-6(10)4(1-2-12-8)7(14)5(13)3-11/h1-2,5,7,13-14H. The van der Waals surface area contributed by atoms with Crippen LogP contribution in [0.3, 0.4) is 0 Å². The van der Waals surface area contributed by atoms with Crippen molar-refractivity contribution < 1.29 is 14.6 Å². The molecule has 0 aliphatic rings. The predicted octanol–water partition coefficient (Wildman–Crippen LogP) is 0.792. The first-order valence-corrected chi connectivity index (χ1v) is 4.01. The Labute approximate surface area is 84.2 Å². The van der Waals surface area contributed by atoms with Crippen LogP contribution in [-0.2, 0) is 0 Å². The van der Waals surface area contributed by atoms with E-state index in [9.17, 15) is 9.50 Å². The lowest BCUT2D eigenvalue weighted by molar-refractivity contribution is 0.0502. The first-order chi connectivity index (χ1) is 6.57. The Morgan fingerprint density at radius 3 is 2.79 bits per heavy atom. The molecule has 2 N–H and O–H groups in total. The van der Waals surface area contributed by atoms with Gasteiger partial charge in [-0.05, 0) is 6.07 Å². The molecule has 0 saturated heterocycles. The number of pyridine rings is 1. The summed E-state index contributed by atoms with van der Waals surface area (Å²) in [7, 11) is 0. The fourth-order valence-corrected chi connectivity index (χ4v) is 1.07.